The van der Waals surface area contributed by atoms with Crippen molar-refractivity contribution in [2.75, 3.05) is 12.4 Å². The molecule has 0 aliphatic heterocycles. The molecule has 3 N–H and O–H groups in total. The Balaban J connectivity index is 1.76. The van der Waals surface area contributed by atoms with Crippen molar-refractivity contribution in [3.8, 4) is 5.69 Å². The lowest BCUT2D eigenvalue weighted by Gasteiger charge is -2.14. The maximum Gasteiger partial charge on any atom is 0.319 e. The number of benzene rings is 2. The first-order chi connectivity index (χ1) is 15.1. The lowest BCUT2D eigenvalue weighted by Crippen LogP contribution is -2.29. The zero-order valence-electron chi connectivity index (χ0n) is 18.3. The summed E-state index contributed by atoms with van der Waals surface area (Å²) in [6, 6.07) is 12.6. The second-order valence-corrected chi connectivity index (χ2v) is 8.68. The Labute approximate surface area is 191 Å². The van der Waals surface area contributed by atoms with Gasteiger partial charge in [0, 0.05) is 23.2 Å². The van der Waals surface area contributed by atoms with Crippen LogP contribution >= 0.6 is 11.6 Å². The van der Waals surface area contributed by atoms with Gasteiger partial charge in [-0.25, -0.2) is 13.9 Å². The minimum absolute atomic E-state index is 0.0985. The Bertz CT molecular complexity index is 1150. The Morgan fingerprint density at radius 2 is 1.88 bits per heavy atom. The molecule has 0 radical (unpaired) electrons. The van der Waals surface area contributed by atoms with Crippen molar-refractivity contribution < 1.29 is 14.0 Å². The Hall–Kier alpha value is -3.39. The van der Waals surface area contributed by atoms with E-state index in [4.69, 9.17) is 16.7 Å². The normalized spacial score (nSPS) is 11.2. The largest absolute Gasteiger partial charge is 0.355 e. The van der Waals surface area contributed by atoms with Crippen LogP contribution in [0.25, 0.3) is 5.69 Å². The van der Waals surface area contributed by atoms with Crippen molar-refractivity contribution in [3.05, 3.63) is 76.3 Å². The molecule has 0 bridgehead atoms. The van der Waals surface area contributed by atoms with Gasteiger partial charge in [-0.05, 0) is 42.5 Å². The topological polar surface area (TPSA) is 88.1 Å². The summed E-state index contributed by atoms with van der Waals surface area (Å²) in [6.45, 7) is 6.34. The van der Waals surface area contributed by atoms with Gasteiger partial charge in [0.25, 0.3) is 5.91 Å². The molecular weight excluding hydrogens is 433 g/mol. The van der Waals surface area contributed by atoms with E-state index in [1.807, 2.05) is 18.2 Å². The molecule has 3 amide bonds. The minimum Gasteiger partial charge on any atom is -0.355 e. The van der Waals surface area contributed by atoms with Gasteiger partial charge in [0.15, 0.2) is 0 Å². The first-order valence-electron chi connectivity index (χ1n) is 10.0. The third-order valence-corrected chi connectivity index (χ3v) is 4.97. The molecule has 0 unspecified atom stereocenters. The highest BCUT2D eigenvalue weighted by atomic mass is 35.5. The number of carbonyl (C=O) groups is 2. The molecule has 0 fully saturated rings. The van der Waals surface area contributed by atoms with Gasteiger partial charge in [-0.1, -0.05) is 38.4 Å². The van der Waals surface area contributed by atoms with Gasteiger partial charge in [0.1, 0.15) is 5.82 Å². The third-order valence-electron chi connectivity index (χ3n) is 4.73. The van der Waals surface area contributed by atoms with E-state index in [1.165, 1.54) is 19.2 Å². The van der Waals surface area contributed by atoms with Gasteiger partial charge in [0.05, 0.1) is 29.2 Å². The molecule has 168 valence electrons. The lowest BCUT2D eigenvalue weighted by atomic mass is 9.92. The summed E-state index contributed by atoms with van der Waals surface area (Å²) in [7, 11) is 1.42. The molecule has 0 saturated carbocycles. The fraction of sp³-hybridized carbons (Fsp3) is 0.261. The van der Waals surface area contributed by atoms with Crippen LogP contribution in [0.5, 0.6) is 0 Å². The molecule has 1 aromatic heterocycles. The number of nitrogens with one attached hydrogen (secondary N) is 3. The van der Waals surface area contributed by atoms with Crippen molar-refractivity contribution in [1.82, 2.24) is 20.4 Å². The monoisotopic (exact) mass is 457 g/mol. The summed E-state index contributed by atoms with van der Waals surface area (Å²) in [5, 5.41) is 13.0. The van der Waals surface area contributed by atoms with Crippen molar-refractivity contribution in [3.63, 3.8) is 0 Å². The molecule has 0 saturated heterocycles. The van der Waals surface area contributed by atoms with Crippen LogP contribution in [0.3, 0.4) is 0 Å². The van der Waals surface area contributed by atoms with Crippen molar-refractivity contribution in [2.45, 2.75) is 32.7 Å². The Morgan fingerprint density at radius 3 is 2.50 bits per heavy atom. The number of amides is 3. The Morgan fingerprint density at radius 1 is 1.12 bits per heavy atom. The number of halogens is 2. The molecule has 1 heterocycles. The van der Waals surface area contributed by atoms with E-state index >= 15 is 0 Å². The second kappa shape index (κ2) is 9.40. The van der Waals surface area contributed by atoms with E-state index in [-0.39, 0.29) is 23.2 Å². The number of nitrogens with zero attached hydrogens (tertiary/aromatic N) is 2. The number of carbonyl (C=O) groups excluding carboxylic acids is 2. The van der Waals surface area contributed by atoms with E-state index < -0.39 is 17.8 Å². The molecule has 3 rings (SSSR count). The van der Waals surface area contributed by atoms with Crippen LogP contribution in [-0.2, 0) is 12.0 Å². The summed E-state index contributed by atoms with van der Waals surface area (Å²) in [6.07, 6.45) is 0. The molecule has 2 aromatic carbocycles. The molecule has 3 aromatic rings. The summed E-state index contributed by atoms with van der Waals surface area (Å²) < 4.78 is 15.9. The minimum atomic E-state index is -0.726. The zero-order valence-corrected chi connectivity index (χ0v) is 19.0. The lowest BCUT2D eigenvalue weighted by molar-refractivity contribution is 0.0959. The highest BCUT2D eigenvalue weighted by Gasteiger charge is 2.21. The number of aromatic nitrogens is 2. The van der Waals surface area contributed by atoms with Crippen LogP contribution in [0.2, 0.25) is 5.02 Å². The molecule has 7 nitrogen and oxygen atoms in total. The molecule has 32 heavy (non-hydrogen) atoms. The summed E-state index contributed by atoms with van der Waals surface area (Å²) >= 11 is 6.14. The molecule has 0 atom stereocenters. The molecule has 0 aliphatic carbocycles. The molecule has 0 spiro atoms. The van der Waals surface area contributed by atoms with E-state index in [9.17, 15) is 14.0 Å². The SMILES string of the molecule is CNC(=O)c1ccc(NC(=O)NCc2cc(C(C)(C)C)nn2-c2cccc(Cl)c2)cc1F. The van der Waals surface area contributed by atoms with E-state index in [0.717, 1.165) is 23.1 Å². The fourth-order valence-electron chi connectivity index (χ4n) is 3.00. The van der Waals surface area contributed by atoms with Gasteiger partial charge in [-0.3, -0.25) is 4.79 Å². The summed E-state index contributed by atoms with van der Waals surface area (Å²) in [4.78, 5) is 24.0. The zero-order chi connectivity index (χ0) is 23.5. The van der Waals surface area contributed by atoms with Gasteiger partial charge in [0.2, 0.25) is 0 Å². The number of anilines is 1. The Kier molecular flexibility index (Phi) is 6.84. The average molecular weight is 458 g/mol. The van der Waals surface area contributed by atoms with Crippen LogP contribution in [0.15, 0.2) is 48.5 Å². The number of hydrogen-bond donors (Lipinski definition) is 3. The highest BCUT2D eigenvalue weighted by molar-refractivity contribution is 6.30. The molecule has 0 aliphatic rings. The van der Waals surface area contributed by atoms with Crippen molar-refractivity contribution in [2.24, 2.45) is 0 Å². The smallest absolute Gasteiger partial charge is 0.319 e. The van der Waals surface area contributed by atoms with Crippen molar-refractivity contribution >= 4 is 29.2 Å². The third kappa shape index (κ3) is 5.45. The summed E-state index contributed by atoms with van der Waals surface area (Å²) in [5.41, 5.74) is 2.34. The van der Waals surface area contributed by atoms with Gasteiger partial charge in [-0.2, -0.15) is 5.10 Å². The van der Waals surface area contributed by atoms with Gasteiger partial charge >= 0.3 is 6.03 Å². The van der Waals surface area contributed by atoms with Crippen LogP contribution in [0.1, 0.15) is 42.5 Å². The van der Waals surface area contributed by atoms with E-state index in [1.54, 1.807) is 16.8 Å². The van der Waals surface area contributed by atoms with Crippen LogP contribution in [-0.4, -0.2) is 28.8 Å². The molecular formula is C23H25ClFN5O2. The second-order valence-electron chi connectivity index (χ2n) is 8.24. The predicted octanol–water partition coefficient (Wildman–Crippen LogP) is 4.64. The van der Waals surface area contributed by atoms with E-state index in [2.05, 4.69) is 36.7 Å². The average Bonchev–Trinajstić information content (AvgIpc) is 3.17. The van der Waals surface area contributed by atoms with Crippen molar-refractivity contribution in [1.29, 1.82) is 0 Å². The standard InChI is InChI=1S/C23H25ClFN5O2/c1-23(2,3)20-12-17(30(29-20)16-7-5-6-14(24)10-16)13-27-22(32)28-15-8-9-18(19(25)11-15)21(31)26-4/h5-12H,13H2,1-4H3,(H,26,31)(H2,27,28,32). The van der Waals surface area contributed by atoms with Gasteiger partial charge < -0.3 is 16.0 Å². The fourth-order valence-corrected chi connectivity index (χ4v) is 3.19. The van der Waals surface area contributed by atoms with Crippen LogP contribution in [0.4, 0.5) is 14.9 Å². The first kappa shape index (κ1) is 23.3. The first-order valence-corrected chi connectivity index (χ1v) is 10.4. The van der Waals surface area contributed by atoms with Crippen LogP contribution < -0.4 is 16.0 Å². The predicted molar refractivity (Wildman–Crippen MR) is 123 cm³/mol. The number of rotatable bonds is 5. The molecule has 9 heteroatoms. The number of urea groups is 1. The van der Waals surface area contributed by atoms with E-state index in [0.29, 0.717) is 5.02 Å². The summed E-state index contributed by atoms with van der Waals surface area (Å²) in [5.74, 6) is -1.27. The number of hydrogen-bond acceptors (Lipinski definition) is 3. The highest BCUT2D eigenvalue weighted by Crippen LogP contribution is 2.24. The van der Waals surface area contributed by atoms with Crippen LogP contribution in [0, 0.1) is 5.82 Å². The quantitative estimate of drug-likeness (QED) is 0.521. The van der Waals surface area contributed by atoms with Gasteiger partial charge in [-0.15, -0.1) is 0 Å². The maximum atomic E-state index is 14.1. The maximum absolute atomic E-state index is 14.1.